The second kappa shape index (κ2) is 4.62. The highest BCUT2D eigenvalue weighted by molar-refractivity contribution is 9.10. The Labute approximate surface area is 114 Å². The largest absolute Gasteiger partial charge is 0.335 e. The summed E-state index contributed by atoms with van der Waals surface area (Å²) in [5, 5.41) is 0. The van der Waals surface area contributed by atoms with Crippen molar-refractivity contribution < 1.29 is 0 Å². The van der Waals surface area contributed by atoms with E-state index in [0.717, 1.165) is 9.04 Å². The SMILES string of the molecule is Cn1c(=O)c(Br)cn(-c2ccc(Br)cc2)c1=O. The minimum atomic E-state index is -0.375. The van der Waals surface area contributed by atoms with E-state index in [2.05, 4.69) is 31.9 Å². The molecular weight excluding hydrogens is 352 g/mol. The molecule has 0 aliphatic carbocycles. The zero-order chi connectivity index (χ0) is 12.6. The van der Waals surface area contributed by atoms with Crippen LogP contribution >= 0.6 is 31.9 Å². The van der Waals surface area contributed by atoms with Gasteiger partial charge in [0, 0.05) is 17.7 Å². The molecule has 0 amide bonds. The third-order valence-electron chi connectivity index (χ3n) is 2.35. The Morgan fingerprint density at radius 1 is 1.06 bits per heavy atom. The predicted molar refractivity (Wildman–Crippen MR) is 72.7 cm³/mol. The summed E-state index contributed by atoms with van der Waals surface area (Å²) in [7, 11) is 1.45. The summed E-state index contributed by atoms with van der Waals surface area (Å²) in [6, 6.07) is 7.26. The van der Waals surface area contributed by atoms with Crippen molar-refractivity contribution >= 4 is 31.9 Å². The Bertz CT molecular complexity index is 671. The highest BCUT2D eigenvalue weighted by Crippen LogP contribution is 2.13. The summed E-state index contributed by atoms with van der Waals surface area (Å²) in [5.74, 6) is 0. The second-order valence-corrected chi connectivity index (χ2v) is 5.24. The Hall–Kier alpha value is -1.14. The zero-order valence-electron chi connectivity index (χ0n) is 8.85. The van der Waals surface area contributed by atoms with E-state index in [1.165, 1.54) is 17.8 Å². The van der Waals surface area contributed by atoms with Gasteiger partial charge in [-0.15, -0.1) is 0 Å². The van der Waals surface area contributed by atoms with Gasteiger partial charge >= 0.3 is 5.69 Å². The molecule has 0 saturated carbocycles. The van der Waals surface area contributed by atoms with Crippen LogP contribution in [-0.2, 0) is 7.05 Å². The number of hydrogen-bond donors (Lipinski definition) is 0. The van der Waals surface area contributed by atoms with Crippen LogP contribution in [0.5, 0.6) is 0 Å². The Morgan fingerprint density at radius 2 is 1.65 bits per heavy atom. The first-order valence-electron chi connectivity index (χ1n) is 4.75. The van der Waals surface area contributed by atoms with Gasteiger partial charge in [-0.3, -0.25) is 13.9 Å². The van der Waals surface area contributed by atoms with Crippen molar-refractivity contribution in [3.63, 3.8) is 0 Å². The van der Waals surface area contributed by atoms with Crippen LogP contribution in [0.3, 0.4) is 0 Å². The van der Waals surface area contributed by atoms with Crippen LogP contribution in [0.4, 0.5) is 0 Å². The quantitative estimate of drug-likeness (QED) is 0.782. The number of hydrogen-bond acceptors (Lipinski definition) is 2. The van der Waals surface area contributed by atoms with Crippen LogP contribution in [0.25, 0.3) is 5.69 Å². The van der Waals surface area contributed by atoms with Crippen LogP contribution in [0, 0.1) is 0 Å². The van der Waals surface area contributed by atoms with E-state index in [1.807, 2.05) is 12.1 Å². The number of aromatic nitrogens is 2. The molecule has 0 spiro atoms. The summed E-state index contributed by atoms with van der Waals surface area (Å²) in [5.41, 5.74) is -0.0154. The molecule has 0 bridgehead atoms. The van der Waals surface area contributed by atoms with Crippen LogP contribution < -0.4 is 11.2 Å². The van der Waals surface area contributed by atoms with Gasteiger partial charge in [0.2, 0.25) is 0 Å². The fraction of sp³-hybridized carbons (Fsp3) is 0.0909. The normalized spacial score (nSPS) is 10.5. The summed E-state index contributed by atoms with van der Waals surface area (Å²) >= 11 is 6.47. The first-order chi connectivity index (χ1) is 8.00. The van der Waals surface area contributed by atoms with E-state index < -0.39 is 0 Å². The number of nitrogens with zero attached hydrogens (tertiary/aromatic N) is 2. The molecule has 6 heteroatoms. The molecule has 0 radical (unpaired) electrons. The van der Waals surface area contributed by atoms with Crippen molar-refractivity contribution in [2.75, 3.05) is 0 Å². The Balaban J connectivity index is 2.73. The second-order valence-electron chi connectivity index (χ2n) is 3.47. The van der Waals surface area contributed by atoms with Crippen molar-refractivity contribution in [3.05, 3.63) is 60.2 Å². The summed E-state index contributed by atoms with van der Waals surface area (Å²) in [6.45, 7) is 0. The van der Waals surface area contributed by atoms with Gasteiger partial charge in [0.25, 0.3) is 5.56 Å². The van der Waals surface area contributed by atoms with Crippen LogP contribution in [-0.4, -0.2) is 9.13 Å². The molecule has 2 rings (SSSR count). The Kier molecular flexibility index (Phi) is 3.35. The van der Waals surface area contributed by atoms with Gasteiger partial charge < -0.3 is 0 Å². The minimum absolute atomic E-state index is 0.344. The van der Waals surface area contributed by atoms with E-state index >= 15 is 0 Å². The molecule has 0 N–H and O–H groups in total. The van der Waals surface area contributed by atoms with Gasteiger partial charge in [-0.1, -0.05) is 15.9 Å². The third kappa shape index (κ3) is 2.28. The number of rotatable bonds is 1. The average Bonchev–Trinajstić information content (AvgIpc) is 2.32. The molecule has 0 fully saturated rings. The van der Waals surface area contributed by atoms with E-state index in [0.29, 0.717) is 10.2 Å². The van der Waals surface area contributed by atoms with Gasteiger partial charge in [-0.2, -0.15) is 0 Å². The van der Waals surface area contributed by atoms with Crippen molar-refractivity contribution in [2.24, 2.45) is 7.05 Å². The molecule has 0 aliphatic rings. The van der Waals surface area contributed by atoms with Crippen LogP contribution in [0.15, 0.2) is 49.0 Å². The van der Waals surface area contributed by atoms with E-state index in [-0.39, 0.29) is 11.2 Å². The number of benzene rings is 1. The fourth-order valence-electron chi connectivity index (χ4n) is 1.42. The van der Waals surface area contributed by atoms with E-state index in [4.69, 9.17) is 0 Å². The minimum Gasteiger partial charge on any atom is -0.268 e. The monoisotopic (exact) mass is 358 g/mol. The van der Waals surface area contributed by atoms with Crippen molar-refractivity contribution in [1.29, 1.82) is 0 Å². The third-order valence-corrected chi connectivity index (χ3v) is 3.42. The molecule has 1 heterocycles. The molecule has 1 aromatic heterocycles. The lowest BCUT2D eigenvalue weighted by Gasteiger charge is -2.08. The summed E-state index contributed by atoms with van der Waals surface area (Å²) in [6.07, 6.45) is 1.48. The Morgan fingerprint density at radius 3 is 2.24 bits per heavy atom. The van der Waals surface area contributed by atoms with E-state index in [9.17, 15) is 9.59 Å². The first-order valence-corrected chi connectivity index (χ1v) is 6.33. The molecule has 0 aliphatic heterocycles. The highest BCUT2D eigenvalue weighted by atomic mass is 79.9. The van der Waals surface area contributed by atoms with Crippen molar-refractivity contribution in [1.82, 2.24) is 9.13 Å². The lowest BCUT2D eigenvalue weighted by atomic mass is 10.3. The average molecular weight is 360 g/mol. The molecule has 2 aromatic rings. The standard InChI is InChI=1S/C11H8Br2N2O2/c1-14-10(16)9(13)6-15(11(14)17)8-4-2-7(12)3-5-8/h2-6H,1H3. The lowest BCUT2D eigenvalue weighted by Crippen LogP contribution is -2.37. The summed E-state index contributed by atoms with van der Waals surface area (Å²) < 4.78 is 3.75. The van der Waals surface area contributed by atoms with Crippen LogP contribution in [0.2, 0.25) is 0 Å². The number of halogens is 2. The van der Waals surface area contributed by atoms with Gasteiger partial charge in [0.15, 0.2) is 0 Å². The van der Waals surface area contributed by atoms with Crippen molar-refractivity contribution in [3.8, 4) is 5.69 Å². The maximum atomic E-state index is 11.9. The predicted octanol–water partition coefficient (Wildman–Crippen LogP) is 2.06. The van der Waals surface area contributed by atoms with E-state index in [1.54, 1.807) is 12.1 Å². The smallest absolute Gasteiger partial charge is 0.268 e. The molecular formula is C11H8Br2N2O2. The van der Waals surface area contributed by atoms with Crippen LogP contribution in [0.1, 0.15) is 0 Å². The lowest BCUT2D eigenvalue weighted by molar-refractivity contribution is 0.722. The molecule has 1 aromatic carbocycles. The van der Waals surface area contributed by atoms with Gasteiger partial charge in [-0.25, -0.2) is 4.79 Å². The maximum Gasteiger partial charge on any atom is 0.335 e. The topological polar surface area (TPSA) is 44.0 Å². The van der Waals surface area contributed by atoms with Gasteiger partial charge in [0.1, 0.15) is 0 Å². The molecule has 17 heavy (non-hydrogen) atoms. The van der Waals surface area contributed by atoms with Gasteiger partial charge in [0.05, 0.1) is 10.2 Å². The fourth-order valence-corrected chi connectivity index (χ4v) is 2.15. The summed E-state index contributed by atoms with van der Waals surface area (Å²) in [4.78, 5) is 23.4. The molecule has 0 atom stereocenters. The van der Waals surface area contributed by atoms with Gasteiger partial charge in [-0.05, 0) is 40.2 Å². The zero-order valence-corrected chi connectivity index (χ0v) is 12.0. The van der Waals surface area contributed by atoms with Crippen molar-refractivity contribution in [2.45, 2.75) is 0 Å². The molecule has 88 valence electrons. The highest BCUT2D eigenvalue weighted by Gasteiger charge is 2.07. The molecule has 0 saturated heterocycles. The molecule has 4 nitrogen and oxygen atoms in total. The maximum absolute atomic E-state index is 11.9. The first kappa shape index (κ1) is 12.3. The molecule has 0 unspecified atom stereocenters.